The lowest BCUT2D eigenvalue weighted by Crippen LogP contribution is -2.30. The number of aromatic nitrogens is 4. The lowest BCUT2D eigenvalue weighted by molar-refractivity contribution is -0.119. The molecule has 0 radical (unpaired) electrons. The molecule has 2 aromatic rings. The van der Waals surface area contributed by atoms with Gasteiger partial charge in [0.25, 0.3) is 10.0 Å². The first kappa shape index (κ1) is 16.1. The van der Waals surface area contributed by atoms with Crippen LogP contribution in [0.15, 0.2) is 35.5 Å². The summed E-state index contributed by atoms with van der Waals surface area (Å²) in [5.41, 5.74) is 0.488. The molecule has 0 fully saturated rings. The lowest BCUT2D eigenvalue weighted by Gasteiger charge is -2.09. The molecule has 118 valence electrons. The van der Waals surface area contributed by atoms with E-state index in [1.54, 1.807) is 12.1 Å². The van der Waals surface area contributed by atoms with Crippen LogP contribution in [0, 0.1) is 5.92 Å². The van der Waals surface area contributed by atoms with Gasteiger partial charge in [-0.2, -0.15) is 0 Å². The third-order valence-corrected chi connectivity index (χ3v) is 4.31. The molecule has 0 saturated heterocycles. The van der Waals surface area contributed by atoms with Crippen molar-refractivity contribution in [2.75, 3.05) is 0 Å². The zero-order chi connectivity index (χ0) is 16.2. The number of benzene rings is 1. The molecule has 1 heterocycles. The summed E-state index contributed by atoms with van der Waals surface area (Å²) >= 11 is 0. The fraction of sp³-hybridized carbons (Fsp3) is 0.385. The van der Waals surface area contributed by atoms with Crippen molar-refractivity contribution in [3.05, 3.63) is 30.6 Å². The monoisotopic (exact) mass is 323 g/mol. The van der Waals surface area contributed by atoms with E-state index in [0.29, 0.717) is 18.0 Å². The molecule has 2 rings (SSSR count). The second kappa shape index (κ2) is 6.65. The fourth-order valence-corrected chi connectivity index (χ4v) is 2.81. The molecule has 1 amide bonds. The van der Waals surface area contributed by atoms with Crippen molar-refractivity contribution in [2.24, 2.45) is 5.92 Å². The van der Waals surface area contributed by atoms with Crippen LogP contribution in [0.25, 0.3) is 5.69 Å². The zero-order valence-corrected chi connectivity index (χ0v) is 13.1. The van der Waals surface area contributed by atoms with Crippen LogP contribution in [0.1, 0.15) is 26.7 Å². The minimum Gasteiger partial charge on any atom is -0.274 e. The Balaban J connectivity index is 2.16. The van der Waals surface area contributed by atoms with Crippen LogP contribution >= 0.6 is 0 Å². The van der Waals surface area contributed by atoms with Crippen LogP contribution in [0.5, 0.6) is 0 Å². The van der Waals surface area contributed by atoms with Crippen LogP contribution in [0.2, 0.25) is 0 Å². The van der Waals surface area contributed by atoms with E-state index < -0.39 is 15.9 Å². The van der Waals surface area contributed by atoms with Gasteiger partial charge in [0, 0.05) is 6.42 Å². The molecule has 22 heavy (non-hydrogen) atoms. The van der Waals surface area contributed by atoms with Gasteiger partial charge in [0.1, 0.15) is 6.33 Å². The van der Waals surface area contributed by atoms with Crippen LogP contribution < -0.4 is 4.72 Å². The van der Waals surface area contributed by atoms with E-state index in [1.807, 2.05) is 13.8 Å². The summed E-state index contributed by atoms with van der Waals surface area (Å²) in [5.74, 6) is -0.182. The molecule has 8 nitrogen and oxygen atoms in total. The topological polar surface area (TPSA) is 107 Å². The number of tetrazole rings is 1. The Hall–Kier alpha value is -2.29. The summed E-state index contributed by atoms with van der Waals surface area (Å²) in [5, 5.41) is 10.7. The van der Waals surface area contributed by atoms with Crippen LogP contribution in [-0.2, 0) is 14.8 Å². The standard InChI is InChI=1S/C13H17N5O3S/c1-10(2)6-7-13(19)15-22(20,21)12-5-3-4-11(8-12)18-9-14-16-17-18/h3-5,8-10H,6-7H2,1-2H3,(H,15,19). The Morgan fingerprint density at radius 1 is 1.36 bits per heavy atom. The van der Waals surface area contributed by atoms with Gasteiger partial charge < -0.3 is 0 Å². The SMILES string of the molecule is CC(C)CCC(=O)NS(=O)(=O)c1cccc(-n2cnnn2)c1. The summed E-state index contributed by atoms with van der Waals surface area (Å²) in [7, 11) is -3.90. The number of sulfonamides is 1. The Bertz CT molecular complexity index is 741. The van der Waals surface area contributed by atoms with Gasteiger partial charge in [0.15, 0.2) is 0 Å². The predicted octanol–water partition coefficient (Wildman–Crippen LogP) is 0.903. The largest absolute Gasteiger partial charge is 0.274 e. The van der Waals surface area contributed by atoms with Gasteiger partial charge >= 0.3 is 0 Å². The number of carbonyl (C=O) groups excluding carboxylic acids is 1. The van der Waals surface area contributed by atoms with Crippen LogP contribution in [0.3, 0.4) is 0 Å². The minimum absolute atomic E-state index is 0.0154. The van der Waals surface area contributed by atoms with Gasteiger partial charge in [-0.15, -0.1) is 5.10 Å². The van der Waals surface area contributed by atoms with Crippen molar-refractivity contribution in [2.45, 2.75) is 31.6 Å². The smallest absolute Gasteiger partial charge is 0.264 e. The summed E-state index contributed by atoms with van der Waals surface area (Å²) in [6.07, 6.45) is 2.16. The summed E-state index contributed by atoms with van der Waals surface area (Å²) in [4.78, 5) is 11.7. The lowest BCUT2D eigenvalue weighted by atomic mass is 10.1. The van der Waals surface area contributed by atoms with Crippen molar-refractivity contribution in [3.8, 4) is 5.69 Å². The van der Waals surface area contributed by atoms with Crippen molar-refractivity contribution in [1.82, 2.24) is 24.9 Å². The highest BCUT2D eigenvalue weighted by molar-refractivity contribution is 7.90. The highest BCUT2D eigenvalue weighted by Crippen LogP contribution is 2.14. The van der Waals surface area contributed by atoms with Crippen LogP contribution in [0.4, 0.5) is 0 Å². The van der Waals surface area contributed by atoms with E-state index in [2.05, 4.69) is 20.2 Å². The molecule has 1 N–H and O–H groups in total. The predicted molar refractivity (Wildman–Crippen MR) is 78.6 cm³/mol. The van der Waals surface area contributed by atoms with E-state index in [1.165, 1.54) is 23.1 Å². The molecular formula is C13H17N5O3S. The third-order valence-electron chi connectivity index (χ3n) is 2.94. The number of nitrogens with zero attached hydrogens (tertiary/aromatic N) is 4. The third kappa shape index (κ3) is 4.10. The number of hydrogen-bond acceptors (Lipinski definition) is 6. The number of carbonyl (C=O) groups is 1. The van der Waals surface area contributed by atoms with Gasteiger partial charge in [-0.1, -0.05) is 19.9 Å². The number of hydrogen-bond donors (Lipinski definition) is 1. The maximum atomic E-state index is 12.2. The Morgan fingerprint density at radius 2 is 2.14 bits per heavy atom. The molecular weight excluding hydrogens is 306 g/mol. The van der Waals surface area contributed by atoms with E-state index >= 15 is 0 Å². The molecule has 0 aliphatic rings. The van der Waals surface area contributed by atoms with Gasteiger partial charge in [-0.3, -0.25) is 4.79 Å². The Labute approximate surface area is 128 Å². The first-order chi connectivity index (χ1) is 10.4. The van der Waals surface area contributed by atoms with E-state index in [9.17, 15) is 13.2 Å². The highest BCUT2D eigenvalue weighted by Gasteiger charge is 2.18. The molecule has 9 heteroatoms. The van der Waals surface area contributed by atoms with Gasteiger partial charge in [-0.05, 0) is 41.0 Å². The summed E-state index contributed by atoms with van der Waals surface area (Å²) < 4.78 is 27.8. The normalized spacial score (nSPS) is 11.6. The molecule has 0 unspecified atom stereocenters. The molecule has 0 atom stereocenters. The number of nitrogens with one attached hydrogen (secondary N) is 1. The molecule has 0 saturated carbocycles. The van der Waals surface area contributed by atoms with Crippen LogP contribution in [-0.4, -0.2) is 34.5 Å². The van der Waals surface area contributed by atoms with E-state index in [4.69, 9.17) is 0 Å². The van der Waals surface area contributed by atoms with Gasteiger partial charge in [-0.25, -0.2) is 17.8 Å². The van der Waals surface area contributed by atoms with Crippen molar-refractivity contribution in [1.29, 1.82) is 0 Å². The molecule has 0 aliphatic heterocycles. The summed E-state index contributed by atoms with van der Waals surface area (Å²) in [6.45, 7) is 3.94. The maximum absolute atomic E-state index is 12.2. The van der Waals surface area contributed by atoms with Crippen molar-refractivity contribution in [3.63, 3.8) is 0 Å². The summed E-state index contributed by atoms with van der Waals surface area (Å²) in [6, 6.07) is 6.03. The first-order valence-corrected chi connectivity index (χ1v) is 8.26. The highest BCUT2D eigenvalue weighted by atomic mass is 32.2. The second-order valence-electron chi connectivity index (χ2n) is 5.21. The Morgan fingerprint density at radius 3 is 2.77 bits per heavy atom. The molecule has 0 spiro atoms. The minimum atomic E-state index is -3.90. The Kier molecular flexibility index (Phi) is 4.86. The van der Waals surface area contributed by atoms with E-state index in [-0.39, 0.29) is 11.3 Å². The fourth-order valence-electron chi connectivity index (χ4n) is 1.75. The second-order valence-corrected chi connectivity index (χ2v) is 6.90. The van der Waals surface area contributed by atoms with Crippen molar-refractivity contribution >= 4 is 15.9 Å². The molecule has 0 aliphatic carbocycles. The average molecular weight is 323 g/mol. The molecule has 0 bridgehead atoms. The maximum Gasteiger partial charge on any atom is 0.264 e. The first-order valence-electron chi connectivity index (χ1n) is 6.77. The number of amides is 1. The van der Waals surface area contributed by atoms with E-state index in [0.717, 1.165) is 0 Å². The molecule has 1 aromatic heterocycles. The quantitative estimate of drug-likeness (QED) is 0.846. The number of rotatable bonds is 6. The molecule has 1 aromatic carbocycles. The van der Waals surface area contributed by atoms with Gasteiger partial charge in [0.05, 0.1) is 10.6 Å². The van der Waals surface area contributed by atoms with Gasteiger partial charge in [0.2, 0.25) is 5.91 Å². The zero-order valence-electron chi connectivity index (χ0n) is 12.3. The van der Waals surface area contributed by atoms with Crippen molar-refractivity contribution < 1.29 is 13.2 Å². The average Bonchev–Trinajstić information content (AvgIpc) is 2.99.